The van der Waals surface area contributed by atoms with Gasteiger partial charge in [-0.2, -0.15) is 0 Å². The van der Waals surface area contributed by atoms with Crippen molar-refractivity contribution in [1.82, 2.24) is 0 Å². The Labute approximate surface area is 79.7 Å². The van der Waals surface area contributed by atoms with E-state index in [0.29, 0.717) is 10.8 Å². The minimum atomic E-state index is -0.219. The van der Waals surface area contributed by atoms with Gasteiger partial charge >= 0.3 is 5.69 Å². The van der Waals surface area contributed by atoms with Gasteiger partial charge in [0.15, 0.2) is 4.98 Å². The molecular weight excluding hydrogens is 180 g/mol. The van der Waals surface area contributed by atoms with Crippen LogP contribution in [0.2, 0.25) is 0 Å². The lowest BCUT2D eigenvalue weighted by Gasteiger charge is -2.00. The molecule has 0 aliphatic rings. The number of diazo groups is 1. The zero-order chi connectivity index (χ0) is 10.1. The molecule has 0 aliphatic heterocycles. The van der Waals surface area contributed by atoms with E-state index < -0.39 is 0 Å². The number of hydrogen-bond donors (Lipinski definition) is 2. The fourth-order valence-electron chi connectivity index (χ4n) is 1.41. The van der Waals surface area contributed by atoms with Gasteiger partial charge in [0.2, 0.25) is 11.1 Å². The van der Waals surface area contributed by atoms with Gasteiger partial charge < -0.3 is 10.2 Å². The fraction of sp³-hybridized carbons (Fsp3) is 0. The molecule has 0 radical (unpaired) electrons. The summed E-state index contributed by atoms with van der Waals surface area (Å²) >= 11 is 0. The van der Waals surface area contributed by atoms with Crippen LogP contribution in [0.3, 0.4) is 0 Å². The Kier molecular flexibility index (Phi) is 1.72. The quantitative estimate of drug-likeness (QED) is 0.623. The van der Waals surface area contributed by atoms with Crippen molar-refractivity contribution in [3.63, 3.8) is 0 Å². The number of benzene rings is 2. The third-order valence-corrected chi connectivity index (χ3v) is 2.08. The largest absolute Gasteiger partial charge is 0.507 e. The summed E-state index contributed by atoms with van der Waals surface area (Å²) in [5, 5.41) is 28.6. The van der Waals surface area contributed by atoms with Crippen molar-refractivity contribution in [2.24, 2.45) is 0 Å². The molecule has 0 amide bonds. The Hall–Kier alpha value is -2.28. The average molecular weight is 187 g/mol. The molecule has 0 saturated carbocycles. The molecule has 0 saturated heterocycles. The summed E-state index contributed by atoms with van der Waals surface area (Å²) in [6, 6.07) is 8.01. The van der Waals surface area contributed by atoms with Crippen molar-refractivity contribution < 1.29 is 10.2 Å². The summed E-state index contributed by atoms with van der Waals surface area (Å²) < 4.78 is 0. The van der Waals surface area contributed by atoms with Crippen LogP contribution in [0.1, 0.15) is 0 Å². The molecule has 4 heteroatoms. The van der Waals surface area contributed by atoms with Crippen LogP contribution in [0.4, 0.5) is 5.69 Å². The van der Waals surface area contributed by atoms with Crippen molar-refractivity contribution in [1.29, 1.82) is 5.39 Å². The highest BCUT2D eigenvalue weighted by atomic mass is 16.3. The monoisotopic (exact) mass is 187 g/mol. The standard InChI is InChI=1S/C10H6N2O2/c11-12-7-5-4-6-2-1-3-8(13)9(6)10(7)14/h1-5H,(H-,13,14)/p+1. The van der Waals surface area contributed by atoms with Crippen LogP contribution in [-0.2, 0) is 0 Å². The molecular formula is C10H7N2O2+. The summed E-state index contributed by atoms with van der Waals surface area (Å²) in [7, 11) is 0. The molecule has 2 aromatic rings. The van der Waals surface area contributed by atoms with Crippen LogP contribution in [0.5, 0.6) is 11.5 Å². The predicted octanol–water partition coefficient (Wildman–Crippen LogP) is 2.74. The number of aromatic hydroxyl groups is 2. The number of nitrogens with zero attached hydrogens (tertiary/aromatic N) is 2. The molecule has 0 bridgehead atoms. The Balaban J connectivity index is 2.95. The van der Waals surface area contributed by atoms with E-state index in [1.54, 1.807) is 18.2 Å². The number of hydrogen-bond acceptors (Lipinski definition) is 3. The number of rotatable bonds is 0. The van der Waals surface area contributed by atoms with Gasteiger partial charge in [-0.3, -0.25) is 0 Å². The van der Waals surface area contributed by atoms with Gasteiger partial charge in [0.25, 0.3) is 0 Å². The Morgan fingerprint density at radius 1 is 1.07 bits per heavy atom. The van der Waals surface area contributed by atoms with E-state index in [-0.39, 0.29) is 17.2 Å². The molecule has 0 spiro atoms. The molecule has 68 valence electrons. The SMILES string of the molecule is N#[N+]c1ccc2cccc(O)c2c1O. The van der Waals surface area contributed by atoms with Gasteiger partial charge in [-0.05, 0) is 17.5 Å². The number of fused-ring (bicyclic) bond motifs is 1. The van der Waals surface area contributed by atoms with Crippen molar-refractivity contribution in [3.8, 4) is 11.5 Å². The van der Waals surface area contributed by atoms with E-state index in [1.165, 1.54) is 12.1 Å². The topological polar surface area (TPSA) is 68.6 Å². The third-order valence-electron chi connectivity index (χ3n) is 2.08. The zero-order valence-corrected chi connectivity index (χ0v) is 7.18. The van der Waals surface area contributed by atoms with Crippen LogP contribution in [0.25, 0.3) is 15.7 Å². The minimum absolute atomic E-state index is 0.0366. The van der Waals surface area contributed by atoms with Crippen molar-refractivity contribution in [2.45, 2.75) is 0 Å². The highest BCUT2D eigenvalue weighted by Gasteiger charge is 2.17. The lowest BCUT2D eigenvalue weighted by molar-refractivity contribution is 0.465. The van der Waals surface area contributed by atoms with E-state index in [2.05, 4.69) is 4.98 Å². The normalized spacial score (nSPS) is 9.93. The minimum Gasteiger partial charge on any atom is -0.507 e. The summed E-state index contributed by atoms with van der Waals surface area (Å²) in [6.07, 6.45) is 0. The van der Waals surface area contributed by atoms with Gasteiger partial charge in [0, 0.05) is 6.07 Å². The van der Waals surface area contributed by atoms with E-state index in [0.717, 1.165) is 0 Å². The lowest BCUT2D eigenvalue weighted by Crippen LogP contribution is -1.75. The average Bonchev–Trinajstić information content (AvgIpc) is 2.18. The zero-order valence-electron chi connectivity index (χ0n) is 7.18. The van der Waals surface area contributed by atoms with Crippen LogP contribution in [0, 0.1) is 5.39 Å². The predicted molar refractivity (Wildman–Crippen MR) is 52.0 cm³/mol. The third kappa shape index (κ3) is 1.04. The fourth-order valence-corrected chi connectivity index (χ4v) is 1.41. The Bertz CT molecular complexity index is 544. The second-order valence-corrected chi connectivity index (χ2v) is 2.91. The molecule has 2 aromatic carbocycles. The molecule has 0 fully saturated rings. The highest BCUT2D eigenvalue weighted by Crippen LogP contribution is 2.39. The van der Waals surface area contributed by atoms with Crippen molar-refractivity contribution in [2.75, 3.05) is 0 Å². The molecule has 2 rings (SSSR count). The molecule has 4 nitrogen and oxygen atoms in total. The highest BCUT2D eigenvalue weighted by molar-refractivity contribution is 5.97. The van der Waals surface area contributed by atoms with Crippen LogP contribution >= 0.6 is 0 Å². The van der Waals surface area contributed by atoms with Crippen molar-refractivity contribution in [3.05, 3.63) is 35.3 Å². The Morgan fingerprint density at radius 2 is 1.86 bits per heavy atom. The number of phenols is 2. The van der Waals surface area contributed by atoms with Crippen molar-refractivity contribution >= 4 is 16.5 Å². The summed E-state index contributed by atoms with van der Waals surface area (Å²) in [4.78, 5) is 2.90. The van der Waals surface area contributed by atoms with Crippen LogP contribution < -0.4 is 0 Å². The second kappa shape index (κ2) is 2.89. The summed E-state index contributed by atoms with van der Waals surface area (Å²) in [6.45, 7) is 0. The first-order valence-electron chi connectivity index (χ1n) is 4.03. The summed E-state index contributed by atoms with van der Waals surface area (Å²) in [5.74, 6) is -0.256. The van der Waals surface area contributed by atoms with E-state index >= 15 is 0 Å². The second-order valence-electron chi connectivity index (χ2n) is 2.91. The maximum atomic E-state index is 9.62. The first-order valence-corrected chi connectivity index (χ1v) is 4.03. The van der Waals surface area contributed by atoms with E-state index in [1.807, 2.05) is 0 Å². The molecule has 0 atom stereocenters. The number of phenolic OH excluding ortho intramolecular Hbond substituents is 2. The van der Waals surface area contributed by atoms with Crippen LogP contribution in [0.15, 0.2) is 30.3 Å². The van der Waals surface area contributed by atoms with Gasteiger partial charge in [0.05, 0.1) is 5.39 Å². The molecule has 14 heavy (non-hydrogen) atoms. The van der Waals surface area contributed by atoms with Gasteiger partial charge in [0.1, 0.15) is 5.75 Å². The lowest BCUT2D eigenvalue weighted by atomic mass is 10.1. The molecule has 0 unspecified atom stereocenters. The maximum absolute atomic E-state index is 9.62. The smallest absolute Gasteiger partial charge is 0.426 e. The molecule has 0 aromatic heterocycles. The van der Waals surface area contributed by atoms with Gasteiger partial charge in [-0.1, -0.05) is 12.1 Å². The molecule has 2 N–H and O–H groups in total. The van der Waals surface area contributed by atoms with E-state index in [9.17, 15) is 10.2 Å². The molecule has 0 heterocycles. The van der Waals surface area contributed by atoms with Crippen LogP contribution in [-0.4, -0.2) is 10.2 Å². The first kappa shape index (κ1) is 8.32. The molecule has 0 aliphatic carbocycles. The summed E-state index contributed by atoms with van der Waals surface area (Å²) in [5.41, 5.74) is 0.0407. The van der Waals surface area contributed by atoms with Gasteiger partial charge in [-0.25, -0.2) is 0 Å². The Morgan fingerprint density at radius 3 is 2.57 bits per heavy atom. The maximum Gasteiger partial charge on any atom is 0.426 e. The first-order chi connectivity index (χ1) is 6.74. The van der Waals surface area contributed by atoms with E-state index in [4.69, 9.17) is 5.39 Å². The van der Waals surface area contributed by atoms with Gasteiger partial charge in [-0.15, -0.1) is 0 Å².